The van der Waals surface area contributed by atoms with Crippen LogP contribution >= 0.6 is 0 Å². The molecule has 5 nitrogen and oxygen atoms in total. The maximum Gasteiger partial charge on any atom is 0.166 e. The third-order valence-corrected chi connectivity index (χ3v) is 5.14. The first kappa shape index (κ1) is 14.8. The minimum atomic E-state index is -3.18. The smallest absolute Gasteiger partial charge is 0.166 e. The number of aryl methyl sites for hydroxylation is 1. The Hall–Kier alpha value is -1.30. The summed E-state index contributed by atoms with van der Waals surface area (Å²) in [6, 6.07) is 3.46. The van der Waals surface area contributed by atoms with E-state index in [1.807, 2.05) is 6.92 Å². The van der Waals surface area contributed by atoms with E-state index in [9.17, 15) is 8.42 Å². The fourth-order valence-corrected chi connectivity index (χ4v) is 2.17. The van der Waals surface area contributed by atoms with E-state index in [2.05, 4.69) is 4.98 Å². The highest BCUT2D eigenvalue weighted by molar-refractivity contribution is 7.92. The third-order valence-electron chi connectivity index (χ3n) is 2.57. The van der Waals surface area contributed by atoms with Gasteiger partial charge < -0.3 is 10.5 Å². The Morgan fingerprint density at radius 2 is 1.94 bits per heavy atom. The number of nitrogens with zero attached hydrogens (tertiary/aromatic N) is 1. The minimum Gasteiger partial charge on any atom is -0.489 e. The molecule has 0 amide bonds. The van der Waals surface area contributed by atoms with Crippen molar-refractivity contribution in [1.29, 1.82) is 0 Å². The second-order valence-corrected chi connectivity index (χ2v) is 7.98. The molecule has 0 fully saturated rings. The molecule has 0 radical (unpaired) electrons. The van der Waals surface area contributed by atoms with Gasteiger partial charge in [-0.05, 0) is 39.8 Å². The molecule has 18 heavy (non-hydrogen) atoms. The van der Waals surface area contributed by atoms with E-state index < -0.39 is 14.6 Å². The van der Waals surface area contributed by atoms with Crippen LogP contribution in [0.15, 0.2) is 12.1 Å². The highest BCUT2D eigenvalue weighted by Crippen LogP contribution is 2.20. The first-order valence-electron chi connectivity index (χ1n) is 5.72. The summed E-state index contributed by atoms with van der Waals surface area (Å²) in [7, 11) is -3.18. The molecule has 0 bridgehead atoms. The maximum atomic E-state index is 11.9. The average molecular weight is 272 g/mol. The number of hydrogen-bond donors (Lipinski definition) is 1. The summed E-state index contributed by atoms with van der Waals surface area (Å²) >= 11 is 0. The number of rotatable bonds is 4. The van der Waals surface area contributed by atoms with Crippen LogP contribution < -0.4 is 10.5 Å². The fraction of sp³-hybridized carbons (Fsp3) is 0.583. The Kier molecular flexibility index (Phi) is 4.21. The van der Waals surface area contributed by atoms with Gasteiger partial charge in [0, 0.05) is 5.69 Å². The summed E-state index contributed by atoms with van der Waals surface area (Å²) in [6.45, 7) is 6.91. The fourth-order valence-electron chi connectivity index (χ4n) is 1.25. The maximum absolute atomic E-state index is 11.9. The van der Waals surface area contributed by atoms with Crippen molar-refractivity contribution in [3.63, 3.8) is 0 Å². The number of nitrogens with two attached hydrogens (primary N) is 1. The molecule has 1 aromatic heterocycles. The molecule has 0 aliphatic carbocycles. The van der Waals surface area contributed by atoms with E-state index in [0.29, 0.717) is 5.75 Å². The third kappa shape index (κ3) is 3.60. The lowest BCUT2D eigenvalue weighted by Gasteiger charge is -2.19. The average Bonchev–Trinajstić information content (AvgIpc) is 2.19. The number of hydrogen-bond acceptors (Lipinski definition) is 5. The van der Waals surface area contributed by atoms with Gasteiger partial charge in [-0.3, -0.25) is 0 Å². The number of anilines is 1. The van der Waals surface area contributed by atoms with Crippen LogP contribution in [0.25, 0.3) is 0 Å². The van der Waals surface area contributed by atoms with E-state index >= 15 is 0 Å². The summed E-state index contributed by atoms with van der Waals surface area (Å²) in [5.41, 5.74) is 6.47. The topological polar surface area (TPSA) is 82.3 Å². The van der Waals surface area contributed by atoms with Crippen LogP contribution in [0, 0.1) is 6.92 Å². The van der Waals surface area contributed by atoms with Crippen LogP contribution in [0.4, 0.5) is 5.82 Å². The van der Waals surface area contributed by atoms with Gasteiger partial charge in [-0.2, -0.15) is 0 Å². The molecule has 1 aromatic rings. The predicted molar refractivity (Wildman–Crippen MR) is 72.4 cm³/mol. The van der Waals surface area contributed by atoms with E-state index in [4.69, 9.17) is 10.5 Å². The lowest BCUT2D eigenvalue weighted by molar-refractivity contribution is 0.340. The van der Waals surface area contributed by atoms with Crippen LogP contribution in [-0.2, 0) is 9.84 Å². The van der Waals surface area contributed by atoms with Gasteiger partial charge in [-0.1, -0.05) is 0 Å². The number of sulfone groups is 1. The van der Waals surface area contributed by atoms with Crippen LogP contribution in [0.2, 0.25) is 0 Å². The highest BCUT2D eigenvalue weighted by atomic mass is 32.2. The van der Waals surface area contributed by atoms with Gasteiger partial charge in [-0.15, -0.1) is 0 Å². The second-order valence-electron chi connectivity index (χ2n) is 5.12. The van der Waals surface area contributed by atoms with Crippen molar-refractivity contribution in [2.45, 2.75) is 32.4 Å². The Morgan fingerprint density at radius 3 is 2.44 bits per heavy atom. The van der Waals surface area contributed by atoms with Crippen LogP contribution in [-0.4, -0.2) is 30.5 Å². The van der Waals surface area contributed by atoms with Gasteiger partial charge in [0.2, 0.25) is 0 Å². The van der Waals surface area contributed by atoms with Crippen LogP contribution in [0.5, 0.6) is 5.75 Å². The van der Waals surface area contributed by atoms with E-state index in [1.54, 1.807) is 32.9 Å². The summed E-state index contributed by atoms with van der Waals surface area (Å²) in [6.07, 6.45) is 0. The largest absolute Gasteiger partial charge is 0.489 e. The zero-order valence-electron chi connectivity index (χ0n) is 11.2. The van der Waals surface area contributed by atoms with Gasteiger partial charge in [-0.25, -0.2) is 13.4 Å². The normalized spacial score (nSPS) is 12.4. The Labute approximate surface area is 108 Å². The predicted octanol–water partition coefficient (Wildman–Crippen LogP) is 1.56. The Balaban J connectivity index is 2.63. The van der Waals surface area contributed by atoms with E-state index in [1.165, 1.54) is 0 Å². The Bertz CT molecular complexity index is 519. The van der Waals surface area contributed by atoms with Crippen LogP contribution in [0.1, 0.15) is 26.5 Å². The highest BCUT2D eigenvalue weighted by Gasteiger charge is 2.28. The van der Waals surface area contributed by atoms with Crippen molar-refractivity contribution in [3.8, 4) is 5.75 Å². The number of aromatic nitrogens is 1. The van der Waals surface area contributed by atoms with Gasteiger partial charge in [0.05, 0.1) is 10.5 Å². The van der Waals surface area contributed by atoms with Gasteiger partial charge >= 0.3 is 0 Å². The molecule has 1 rings (SSSR count). The second kappa shape index (κ2) is 5.14. The summed E-state index contributed by atoms with van der Waals surface area (Å²) in [4.78, 5) is 4.04. The molecule has 0 aromatic carbocycles. The SMILES string of the molecule is Cc1ccc(OCCS(=O)(=O)C(C)(C)C)c(N)n1. The van der Waals surface area contributed by atoms with Crippen molar-refractivity contribution in [1.82, 2.24) is 4.98 Å². The molecule has 0 saturated heterocycles. The van der Waals surface area contributed by atoms with Crippen molar-refractivity contribution < 1.29 is 13.2 Å². The monoisotopic (exact) mass is 272 g/mol. The lowest BCUT2D eigenvalue weighted by Crippen LogP contribution is -2.32. The molecule has 0 saturated carbocycles. The molecule has 0 aliphatic heterocycles. The van der Waals surface area contributed by atoms with Crippen molar-refractivity contribution in [2.75, 3.05) is 18.1 Å². The molecule has 6 heteroatoms. The van der Waals surface area contributed by atoms with E-state index in [0.717, 1.165) is 5.69 Å². The lowest BCUT2D eigenvalue weighted by atomic mass is 10.3. The van der Waals surface area contributed by atoms with Gasteiger partial charge in [0.1, 0.15) is 6.61 Å². The first-order valence-corrected chi connectivity index (χ1v) is 7.37. The van der Waals surface area contributed by atoms with Gasteiger partial charge in [0.25, 0.3) is 0 Å². The standard InChI is InChI=1S/C12H20N2O3S/c1-9-5-6-10(11(13)14-9)17-7-8-18(15,16)12(2,3)4/h5-6H,7-8H2,1-4H3,(H2,13,14). The molecule has 0 spiro atoms. The summed E-state index contributed by atoms with van der Waals surface area (Å²) in [5.74, 6) is 0.664. The molecule has 2 N–H and O–H groups in total. The zero-order chi connectivity index (χ0) is 14.0. The summed E-state index contributed by atoms with van der Waals surface area (Å²) < 4.78 is 28.3. The van der Waals surface area contributed by atoms with E-state index in [-0.39, 0.29) is 18.2 Å². The van der Waals surface area contributed by atoms with Crippen molar-refractivity contribution >= 4 is 15.7 Å². The molecular formula is C12H20N2O3S. The number of pyridine rings is 1. The molecular weight excluding hydrogens is 252 g/mol. The molecule has 102 valence electrons. The van der Waals surface area contributed by atoms with Crippen LogP contribution in [0.3, 0.4) is 0 Å². The quantitative estimate of drug-likeness (QED) is 0.899. The molecule has 0 atom stereocenters. The van der Waals surface area contributed by atoms with Gasteiger partial charge in [0.15, 0.2) is 21.4 Å². The minimum absolute atomic E-state index is 0.0379. The first-order chi connectivity index (χ1) is 8.13. The number of ether oxygens (including phenoxy) is 1. The number of nitrogen functional groups attached to an aromatic ring is 1. The molecule has 0 unspecified atom stereocenters. The Morgan fingerprint density at radius 1 is 1.33 bits per heavy atom. The van der Waals surface area contributed by atoms with Crippen molar-refractivity contribution in [2.24, 2.45) is 0 Å². The zero-order valence-corrected chi connectivity index (χ0v) is 12.0. The molecule has 1 heterocycles. The van der Waals surface area contributed by atoms with Crippen molar-refractivity contribution in [3.05, 3.63) is 17.8 Å². The summed E-state index contributed by atoms with van der Waals surface area (Å²) in [5, 5.41) is 0. The molecule has 0 aliphatic rings.